The van der Waals surface area contributed by atoms with Crippen LogP contribution in [0.25, 0.3) is 10.9 Å². The van der Waals surface area contributed by atoms with Crippen molar-refractivity contribution in [2.75, 3.05) is 5.73 Å². The van der Waals surface area contributed by atoms with E-state index in [0.29, 0.717) is 27.2 Å². The maximum Gasteiger partial charge on any atom is 0.311 e. The number of nitrogen functional groups attached to an aromatic ring is 1. The molecular weight excluding hydrogens is 328 g/mol. The number of aromatic nitrogens is 1. The van der Waals surface area contributed by atoms with E-state index in [1.54, 1.807) is 42.5 Å². The molecule has 0 aliphatic heterocycles. The second-order valence-electron chi connectivity index (χ2n) is 5.62. The Balaban J connectivity index is 2.13. The molecule has 3 rings (SSSR count). The number of H-pyrrole nitrogens is 1. The number of carboxylic acid groups (broad SMARTS) is 1. The van der Waals surface area contributed by atoms with Crippen molar-refractivity contribution in [3.8, 4) is 0 Å². The summed E-state index contributed by atoms with van der Waals surface area (Å²) in [7, 11) is 0. The average molecular weight is 343 g/mol. The number of aromatic amines is 1. The van der Waals surface area contributed by atoms with Gasteiger partial charge in [-0.2, -0.15) is 0 Å². The average Bonchev–Trinajstić information content (AvgIpc) is 2.54. The number of nitrogens with one attached hydrogen (secondary N) is 1. The van der Waals surface area contributed by atoms with Crippen molar-refractivity contribution < 1.29 is 9.90 Å². The minimum absolute atomic E-state index is 0.250. The molecule has 5 nitrogen and oxygen atoms in total. The molecule has 0 amide bonds. The number of carboxylic acids is 1. The Morgan fingerprint density at radius 3 is 2.54 bits per heavy atom. The Bertz CT molecular complexity index is 964. The number of benzene rings is 2. The van der Waals surface area contributed by atoms with Crippen LogP contribution in [0, 0.1) is 0 Å². The van der Waals surface area contributed by atoms with Gasteiger partial charge in [-0.1, -0.05) is 23.7 Å². The van der Waals surface area contributed by atoms with Crippen LogP contribution in [0.2, 0.25) is 5.02 Å². The molecule has 0 radical (unpaired) electrons. The van der Waals surface area contributed by atoms with E-state index in [0.717, 1.165) is 5.56 Å². The monoisotopic (exact) mass is 342 g/mol. The fourth-order valence-corrected chi connectivity index (χ4v) is 2.90. The van der Waals surface area contributed by atoms with Gasteiger partial charge in [0.25, 0.3) is 0 Å². The number of hydrogen-bond acceptors (Lipinski definition) is 3. The van der Waals surface area contributed by atoms with Crippen LogP contribution in [0.4, 0.5) is 5.69 Å². The van der Waals surface area contributed by atoms with Crippen molar-refractivity contribution in [2.45, 2.75) is 12.3 Å². The first-order valence-corrected chi connectivity index (χ1v) is 7.71. The maximum absolute atomic E-state index is 11.9. The zero-order valence-corrected chi connectivity index (χ0v) is 13.4. The van der Waals surface area contributed by atoms with Crippen molar-refractivity contribution in [3.05, 3.63) is 75.0 Å². The second kappa shape index (κ2) is 6.37. The molecule has 0 saturated heterocycles. The standard InChI is InChI=1S/C18H15ClN2O3/c19-11-3-1-10(2-4-11)7-15(18(23)24)13-9-17(22)21-16-6-5-12(20)8-14(13)16/h1-6,8-9,15H,7,20H2,(H,21,22)(H,23,24). The number of hydrogen-bond donors (Lipinski definition) is 3. The van der Waals surface area contributed by atoms with Crippen LogP contribution in [-0.2, 0) is 11.2 Å². The van der Waals surface area contributed by atoms with Gasteiger partial charge in [-0.05, 0) is 47.9 Å². The Labute approximate surface area is 142 Å². The molecule has 1 heterocycles. The van der Waals surface area contributed by atoms with Gasteiger partial charge in [0.1, 0.15) is 0 Å². The summed E-state index contributed by atoms with van der Waals surface area (Å²) in [5, 5.41) is 10.9. The Kier molecular flexibility index (Phi) is 4.27. The zero-order valence-electron chi connectivity index (χ0n) is 12.6. The molecular formula is C18H15ClN2O3. The maximum atomic E-state index is 11.9. The zero-order chi connectivity index (χ0) is 17.3. The smallest absolute Gasteiger partial charge is 0.311 e. The number of anilines is 1. The quantitative estimate of drug-likeness (QED) is 0.634. The van der Waals surface area contributed by atoms with E-state index in [1.165, 1.54) is 6.07 Å². The summed E-state index contributed by atoms with van der Waals surface area (Å²) in [4.78, 5) is 26.5. The van der Waals surface area contributed by atoms with Crippen LogP contribution in [0.5, 0.6) is 0 Å². The van der Waals surface area contributed by atoms with Gasteiger partial charge in [0.05, 0.1) is 5.92 Å². The highest BCUT2D eigenvalue weighted by molar-refractivity contribution is 6.30. The molecule has 0 spiro atoms. The van der Waals surface area contributed by atoms with Gasteiger partial charge in [0, 0.05) is 27.7 Å². The van der Waals surface area contributed by atoms with Crippen LogP contribution in [0.1, 0.15) is 17.0 Å². The molecule has 1 unspecified atom stereocenters. The summed E-state index contributed by atoms with van der Waals surface area (Å²) in [5.41, 5.74) is 7.82. The summed E-state index contributed by atoms with van der Waals surface area (Å²) in [6.07, 6.45) is 0.250. The molecule has 24 heavy (non-hydrogen) atoms. The fourth-order valence-electron chi connectivity index (χ4n) is 2.77. The van der Waals surface area contributed by atoms with Crippen molar-refractivity contribution in [3.63, 3.8) is 0 Å². The van der Waals surface area contributed by atoms with Gasteiger partial charge in [0.15, 0.2) is 0 Å². The predicted molar refractivity (Wildman–Crippen MR) is 94.5 cm³/mol. The lowest BCUT2D eigenvalue weighted by atomic mass is 9.89. The summed E-state index contributed by atoms with van der Waals surface area (Å²) in [5.74, 6) is -1.86. The van der Waals surface area contributed by atoms with Crippen LogP contribution in [-0.4, -0.2) is 16.1 Å². The molecule has 1 atom stereocenters. The van der Waals surface area contributed by atoms with E-state index in [2.05, 4.69) is 4.98 Å². The normalized spacial score (nSPS) is 12.2. The van der Waals surface area contributed by atoms with Gasteiger partial charge >= 0.3 is 5.97 Å². The topological polar surface area (TPSA) is 96.2 Å². The third kappa shape index (κ3) is 3.26. The Morgan fingerprint density at radius 1 is 1.17 bits per heavy atom. The number of halogens is 1. The number of pyridine rings is 1. The van der Waals surface area contributed by atoms with Crippen molar-refractivity contribution in [1.29, 1.82) is 0 Å². The van der Waals surface area contributed by atoms with Crippen molar-refractivity contribution in [2.24, 2.45) is 0 Å². The fraction of sp³-hybridized carbons (Fsp3) is 0.111. The van der Waals surface area contributed by atoms with Gasteiger partial charge in [-0.3, -0.25) is 9.59 Å². The Hall–Kier alpha value is -2.79. The van der Waals surface area contributed by atoms with E-state index in [4.69, 9.17) is 17.3 Å². The van der Waals surface area contributed by atoms with E-state index in [-0.39, 0.29) is 12.0 Å². The van der Waals surface area contributed by atoms with Crippen LogP contribution in [0.3, 0.4) is 0 Å². The number of fused-ring (bicyclic) bond motifs is 1. The van der Waals surface area contributed by atoms with E-state index >= 15 is 0 Å². The molecule has 0 saturated carbocycles. The van der Waals surface area contributed by atoms with E-state index in [1.807, 2.05) is 0 Å². The number of nitrogens with two attached hydrogens (primary N) is 1. The van der Waals surface area contributed by atoms with Gasteiger partial charge < -0.3 is 15.8 Å². The third-order valence-corrected chi connectivity index (χ3v) is 4.18. The lowest BCUT2D eigenvalue weighted by Crippen LogP contribution is -2.18. The lowest BCUT2D eigenvalue weighted by Gasteiger charge is -2.15. The minimum atomic E-state index is -1.00. The summed E-state index contributed by atoms with van der Waals surface area (Å²) < 4.78 is 0. The number of carbonyl (C=O) groups is 1. The van der Waals surface area contributed by atoms with Crippen LogP contribution >= 0.6 is 11.6 Å². The highest BCUT2D eigenvalue weighted by atomic mass is 35.5. The largest absolute Gasteiger partial charge is 0.481 e. The summed E-state index contributed by atoms with van der Waals surface area (Å²) in [6.45, 7) is 0. The Morgan fingerprint density at radius 2 is 1.88 bits per heavy atom. The molecule has 3 aromatic rings. The molecule has 122 valence electrons. The van der Waals surface area contributed by atoms with Crippen LogP contribution in [0.15, 0.2) is 53.3 Å². The first kappa shape index (κ1) is 16.1. The molecule has 0 aliphatic rings. The third-order valence-electron chi connectivity index (χ3n) is 3.93. The van der Waals surface area contributed by atoms with Gasteiger partial charge in [-0.25, -0.2) is 0 Å². The second-order valence-corrected chi connectivity index (χ2v) is 6.05. The lowest BCUT2D eigenvalue weighted by molar-refractivity contribution is -0.138. The van der Waals surface area contributed by atoms with Crippen molar-refractivity contribution >= 4 is 34.2 Å². The molecule has 0 fully saturated rings. The number of aliphatic carboxylic acids is 1. The first-order chi connectivity index (χ1) is 11.4. The SMILES string of the molecule is Nc1ccc2[nH]c(=O)cc(C(Cc3ccc(Cl)cc3)C(=O)O)c2c1. The van der Waals surface area contributed by atoms with Gasteiger partial charge in [0.2, 0.25) is 5.56 Å². The van der Waals surface area contributed by atoms with E-state index in [9.17, 15) is 14.7 Å². The number of rotatable bonds is 4. The molecule has 1 aromatic heterocycles. The molecule has 0 aliphatic carbocycles. The molecule has 2 aromatic carbocycles. The van der Waals surface area contributed by atoms with E-state index < -0.39 is 11.9 Å². The van der Waals surface area contributed by atoms with Crippen molar-refractivity contribution in [1.82, 2.24) is 4.98 Å². The van der Waals surface area contributed by atoms with Crippen LogP contribution < -0.4 is 11.3 Å². The highest BCUT2D eigenvalue weighted by Crippen LogP contribution is 2.28. The summed E-state index contributed by atoms with van der Waals surface area (Å²) >= 11 is 5.87. The molecule has 4 N–H and O–H groups in total. The highest BCUT2D eigenvalue weighted by Gasteiger charge is 2.23. The molecule has 6 heteroatoms. The molecule has 0 bridgehead atoms. The predicted octanol–water partition coefficient (Wildman–Crippen LogP) is 3.17. The summed E-state index contributed by atoms with van der Waals surface area (Å²) in [6, 6.07) is 13.3. The van der Waals surface area contributed by atoms with Gasteiger partial charge in [-0.15, -0.1) is 0 Å². The first-order valence-electron chi connectivity index (χ1n) is 7.34. The minimum Gasteiger partial charge on any atom is -0.481 e.